The smallest absolute Gasteiger partial charge is 0.142 e. The average molecular weight is 510 g/mol. The second kappa shape index (κ2) is 10.2. The Labute approximate surface area is 219 Å². The number of aromatic nitrogens is 2. The van der Waals surface area contributed by atoms with E-state index in [0.29, 0.717) is 0 Å². The lowest BCUT2D eigenvalue weighted by Gasteiger charge is -2.27. The predicted molar refractivity (Wildman–Crippen MR) is 150 cm³/mol. The van der Waals surface area contributed by atoms with Gasteiger partial charge in [-0.1, -0.05) is 54.1 Å². The Kier molecular flexibility index (Phi) is 6.47. The summed E-state index contributed by atoms with van der Waals surface area (Å²) in [6.45, 7) is 2.95. The molecule has 0 saturated heterocycles. The summed E-state index contributed by atoms with van der Waals surface area (Å²) in [5.41, 5.74) is 5.60. The fourth-order valence-corrected chi connectivity index (χ4v) is 5.87. The molecule has 7 heteroatoms. The number of hydrogen-bond acceptors (Lipinski definition) is 6. The van der Waals surface area contributed by atoms with Crippen molar-refractivity contribution in [3.63, 3.8) is 0 Å². The molecule has 1 aliphatic heterocycles. The molecule has 1 N–H and O–H groups in total. The largest absolute Gasteiger partial charge is 0.340 e. The molecule has 0 radical (unpaired) electrons. The molecule has 0 spiro atoms. The molecule has 0 atom stereocenters. The van der Waals surface area contributed by atoms with E-state index in [1.807, 2.05) is 54.7 Å². The molecule has 5 nitrogen and oxygen atoms in total. The lowest BCUT2D eigenvalue weighted by Crippen LogP contribution is -2.29. The molecule has 3 heterocycles. The number of thiophene rings is 1. The van der Waals surface area contributed by atoms with Crippen molar-refractivity contribution in [2.75, 3.05) is 11.9 Å². The van der Waals surface area contributed by atoms with Crippen molar-refractivity contribution in [1.29, 1.82) is 0 Å². The summed E-state index contributed by atoms with van der Waals surface area (Å²) in [6, 6.07) is 26.4. The molecule has 6 rings (SSSR count). The van der Waals surface area contributed by atoms with Gasteiger partial charge in [0, 0.05) is 41.4 Å². The standard InChI is InChI=1S/C29H24ClN5S/c30-22-8-6-20(7-9-22)16-31-23-10-12-24(13-11-23)34-28-27-25-14-15-35(17-21-4-2-1-3-5-21)18-26(25)36-29(27)33-19-32-28/h1-13,16,19H,14-15,17-18H2,(H,32,33,34). The van der Waals surface area contributed by atoms with Gasteiger partial charge in [0.1, 0.15) is 17.0 Å². The molecule has 3 aromatic carbocycles. The topological polar surface area (TPSA) is 53.4 Å². The first-order chi connectivity index (χ1) is 17.7. The van der Waals surface area contributed by atoms with Crippen molar-refractivity contribution in [3.05, 3.63) is 112 Å². The van der Waals surface area contributed by atoms with Gasteiger partial charge in [0.05, 0.1) is 11.1 Å². The van der Waals surface area contributed by atoms with Crippen LogP contribution < -0.4 is 5.32 Å². The monoisotopic (exact) mass is 509 g/mol. The second-order valence-corrected chi connectivity index (χ2v) is 10.4. The highest BCUT2D eigenvalue weighted by molar-refractivity contribution is 7.19. The molecule has 36 heavy (non-hydrogen) atoms. The number of benzene rings is 3. The highest BCUT2D eigenvalue weighted by Crippen LogP contribution is 2.38. The maximum Gasteiger partial charge on any atom is 0.142 e. The third-order valence-corrected chi connectivity index (χ3v) is 7.70. The van der Waals surface area contributed by atoms with Crippen LogP contribution in [-0.4, -0.2) is 27.6 Å². The molecule has 2 aromatic heterocycles. The SMILES string of the molecule is Clc1ccc(C=Nc2ccc(Nc3ncnc4sc5c(c34)CCN(Cc3ccccc3)C5)cc2)cc1. The molecular formula is C29H24ClN5S. The van der Waals surface area contributed by atoms with Crippen LogP contribution in [0.1, 0.15) is 21.6 Å². The zero-order valence-corrected chi connectivity index (χ0v) is 21.1. The number of aliphatic imine (C=N–C) groups is 1. The number of nitrogens with zero attached hydrogens (tertiary/aromatic N) is 4. The maximum absolute atomic E-state index is 5.96. The molecule has 0 saturated carbocycles. The summed E-state index contributed by atoms with van der Waals surface area (Å²) in [5, 5.41) is 5.39. The Bertz CT molecular complexity index is 1510. The summed E-state index contributed by atoms with van der Waals surface area (Å²) in [7, 11) is 0. The lowest BCUT2D eigenvalue weighted by molar-refractivity contribution is 0.249. The van der Waals surface area contributed by atoms with Crippen LogP contribution in [0.15, 0.2) is 90.2 Å². The van der Waals surface area contributed by atoms with Gasteiger partial charge in [0.2, 0.25) is 0 Å². The molecule has 0 aliphatic carbocycles. The third kappa shape index (κ3) is 5.02. The van der Waals surface area contributed by atoms with Crippen LogP contribution in [0.3, 0.4) is 0 Å². The van der Waals surface area contributed by atoms with E-state index in [4.69, 9.17) is 11.6 Å². The third-order valence-electron chi connectivity index (χ3n) is 6.33. The van der Waals surface area contributed by atoms with Crippen molar-refractivity contribution in [2.24, 2.45) is 4.99 Å². The fourth-order valence-electron chi connectivity index (χ4n) is 4.52. The van der Waals surface area contributed by atoms with E-state index in [9.17, 15) is 0 Å². The second-order valence-electron chi connectivity index (χ2n) is 8.83. The van der Waals surface area contributed by atoms with Gasteiger partial charge in [-0.15, -0.1) is 11.3 Å². The number of anilines is 2. The molecule has 0 fully saturated rings. The predicted octanol–water partition coefficient (Wildman–Crippen LogP) is 7.40. The zero-order chi connectivity index (χ0) is 24.3. The van der Waals surface area contributed by atoms with Crippen LogP contribution in [0.2, 0.25) is 5.02 Å². The normalized spacial score (nSPS) is 13.8. The van der Waals surface area contributed by atoms with Crippen LogP contribution in [0.4, 0.5) is 17.2 Å². The quantitative estimate of drug-likeness (QED) is 0.242. The van der Waals surface area contributed by atoms with Crippen molar-refractivity contribution >= 4 is 56.6 Å². The highest BCUT2D eigenvalue weighted by Gasteiger charge is 2.24. The molecular weight excluding hydrogens is 486 g/mol. The Morgan fingerprint density at radius 1 is 0.972 bits per heavy atom. The van der Waals surface area contributed by atoms with Gasteiger partial charge in [0.15, 0.2) is 0 Å². The van der Waals surface area contributed by atoms with Gasteiger partial charge in [-0.3, -0.25) is 9.89 Å². The van der Waals surface area contributed by atoms with E-state index in [2.05, 4.69) is 55.5 Å². The zero-order valence-electron chi connectivity index (χ0n) is 19.6. The van der Waals surface area contributed by atoms with Gasteiger partial charge in [0.25, 0.3) is 0 Å². The lowest BCUT2D eigenvalue weighted by atomic mass is 10.0. The van der Waals surface area contributed by atoms with Gasteiger partial charge in [-0.2, -0.15) is 0 Å². The molecule has 178 valence electrons. The van der Waals surface area contributed by atoms with Crippen molar-refractivity contribution < 1.29 is 0 Å². The molecule has 0 unspecified atom stereocenters. The van der Waals surface area contributed by atoms with Crippen LogP contribution in [0.5, 0.6) is 0 Å². The number of fused-ring (bicyclic) bond motifs is 3. The van der Waals surface area contributed by atoms with Crippen LogP contribution in [0.25, 0.3) is 10.2 Å². The first-order valence-electron chi connectivity index (χ1n) is 11.9. The van der Waals surface area contributed by atoms with E-state index >= 15 is 0 Å². The summed E-state index contributed by atoms with van der Waals surface area (Å²) >= 11 is 7.74. The molecule has 0 bridgehead atoms. The average Bonchev–Trinajstić information content (AvgIpc) is 3.28. The Morgan fingerprint density at radius 2 is 1.78 bits per heavy atom. The van der Waals surface area contributed by atoms with Crippen LogP contribution in [-0.2, 0) is 19.5 Å². The van der Waals surface area contributed by atoms with E-state index in [1.165, 1.54) is 16.0 Å². The number of hydrogen-bond donors (Lipinski definition) is 1. The summed E-state index contributed by atoms with van der Waals surface area (Å²) < 4.78 is 0. The summed E-state index contributed by atoms with van der Waals surface area (Å²) in [5.74, 6) is 0.867. The van der Waals surface area contributed by atoms with E-state index in [0.717, 1.165) is 64.1 Å². The van der Waals surface area contributed by atoms with E-state index in [-0.39, 0.29) is 0 Å². The number of nitrogens with one attached hydrogen (secondary N) is 1. The first kappa shape index (κ1) is 22.9. The van der Waals surface area contributed by atoms with Gasteiger partial charge in [-0.05, 0) is 59.5 Å². The minimum atomic E-state index is 0.720. The molecule has 5 aromatic rings. The van der Waals surface area contributed by atoms with Crippen molar-refractivity contribution in [1.82, 2.24) is 14.9 Å². The maximum atomic E-state index is 5.96. The highest BCUT2D eigenvalue weighted by atomic mass is 35.5. The Morgan fingerprint density at radius 3 is 2.58 bits per heavy atom. The number of rotatable bonds is 6. The summed E-state index contributed by atoms with van der Waals surface area (Å²) in [4.78, 5) is 18.7. The van der Waals surface area contributed by atoms with Gasteiger partial charge >= 0.3 is 0 Å². The fraction of sp³-hybridized carbons (Fsp3) is 0.138. The van der Waals surface area contributed by atoms with Crippen LogP contribution >= 0.6 is 22.9 Å². The summed E-state index contributed by atoms with van der Waals surface area (Å²) in [6.07, 6.45) is 4.49. The van der Waals surface area contributed by atoms with E-state index in [1.54, 1.807) is 17.7 Å². The van der Waals surface area contributed by atoms with Crippen molar-refractivity contribution in [2.45, 2.75) is 19.5 Å². The van der Waals surface area contributed by atoms with E-state index < -0.39 is 0 Å². The molecule has 0 amide bonds. The minimum Gasteiger partial charge on any atom is -0.340 e. The van der Waals surface area contributed by atoms with Crippen molar-refractivity contribution in [3.8, 4) is 0 Å². The Balaban J connectivity index is 1.19. The number of halogens is 1. The van der Waals surface area contributed by atoms with Crippen LogP contribution in [0, 0.1) is 0 Å². The Hall–Kier alpha value is -3.58. The molecule has 1 aliphatic rings. The first-order valence-corrected chi connectivity index (χ1v) is 13.1. The minimum absolute atomic E-state index is 0.720. The van der Waals surface area contributed by atoms with Gasteiger partial charge < -0.3 is 5.32 Å². The van der Waals surface area contributed by atoms with Gasteiger partial charge in [-0.25, -0.2) is 9.97 Å².